The van der Waals surface area contributed by atoms with Crippen LogP contribution in [0.3, 0.4) is 0 Å². The van der Waals surface area contributed by atoms with E-state index in [0.29, 0.717) is 11.8 Å². The molecule has 25 heavy (non-hydrogen) atoms. The molecule has 0 unspecified atom stereocenters. The highest BCUT2D eigenvalue weighted by Gasteiger charge is 2.23. The molecule has 2 aromatic heterocycles. The van der Waals surface area contributed by atoms with Crippen LogP contribution >= 0.6 is 11.3 Å². The molecule has 4 nitrogen and oxygen atoms in total. The molecule has 0 aliphatic heterocycles. The molecule has 0 atom stereocenters. The fourth-order valence-corrected chi connectivity index (χ4v) is 4.68. The molecule has 4 rings (SSSR count). The molecular weight excluding hydrogens is 332 g/mol. The molecular formula is C20H22N2O2S. The number of thiophene rings is 1. The van der Waals surface area contributed by atoms with E-state index < -0.39 is 0 Å². The summed E-state index contributed by atoms with van der Waals surface area (Å²) in [7, 11) is 0. The highest BCUT2D eigenvalue weighted by molar-refractivity contribution is 7.18. The zero-order valence-corrected chi connectivity index (χ0v) is 15.7. The van der Waals surface area contributed by atoms with Gasteiger partial charge >= 0.3 is 6.01 Å². The van der Waals surface area contributed by atoms with Crippen molar-refractivity contribution in [2.45, 2.75) is 52.5 Å². The molecule has 0 amide bonds. The monoisotopic (exact) mass is 354 g/mol. The number of aromatic nitrogens is 2. The zero-order valence-electron chi connectivity index (χ0n) is 14.8. The van der Waals surface area contributed by atoms with Crippen LogP contribution in [0.5, 0.6) is 11.8 Å². The van der Waals surface area contributed by atoms with E-state index in [1.54, 1.807) is 15.9 Å². The first-order chi connectivity index (χ1) is 12.0. The van der Waals surface area contributed by atoms with Crippen molar-refractivity contribution < 1.29 is 4.74 Å². The summed E-state index contributed by atoms with van der Waals surface area (Å²) in [6.45, 7) is 6.03. The number of hydrogen-bond acceptors (Lipinski definition) is 4. The number of ether oxygens (including phenoxy) is 1. The fourth-order valence-electron chi connectivity index (χ4n) is 3.44. The molecule has 130 valence electrons. The minimum atomic E-state index is -0.0102. The highest BCUT2D eigenvalue weighted by atomic mass is 32.1. The molecule has 1 aliphatic carbocycles. The fraction of sp³-hybridized carbons (Fsp3) is 0.400. The molecule has 0 fully saturated rings. The Labute approximate surface area is 151 Å². The Morgan fingerprint density at radius 3 is 2.60 bits per heavy atom. The standard InChI is InChI=1S/C20H22N2O2S/c1-12(2)22-19(23)17-15-6-4-5-7-16(15)25-18(17)21-20(22)24-14-10-8-13(3)9-11-14/h8-12H,4-7H2,1-3H3. The van der Waals surface area contributed by atoms with Crippen molar-refractivity contribution in [3.8, 4) is 11.8 Å². The highest BCUT2D eigenvalue weighted by Crippen LogP contribution is 2.35. The van der Waals surface area contributed by atoms with Crippen molar-refractivity contribution in [1.82, 2.24) is 9.55 Å². The Hall–Kier alpha value is -2.14. The van der Waals surface area contributed by atoms with Crippen LogP contribution in [0.2, 0.25) is 0 Å². The van der Waals surface area contributed by atoms with Gasteiger partial charge < -0.3 is 4.74 Å². The number of benzene rings is 1. The van der Waals surface area contributed by atoms with E-state index in [2.05, 4.69) is 0 Å². The van der Waals surface area contributed by atoms with Crippen molar-refractivity contribution in [3.05, 3.63) is 50.6 Å². The van der Waals surface area contributed by atoms with Gasteiger partial charge in [0.25, 0.3) is 5.56 Å². The molecule has 0 radical (unpaired) electrons. The van der Waals surface area contributed by atoms with Crippen LogP contribution in [-0.2, 0) is 12.8 Å². The Balaban J connectivity index is 1.89. The van der Waals surface area contributed by atoms with Gasteiger partial charge in [0.1, 0.15) is 10.6 Å². The lowest BCUT2D eigenvalue weighted by atomic mass is 9.97. The number of aryl methyl sites for hydroxylation is 3. The third-order valence-corrected chi connectivity index (χ3v) is 5.92. The maximum Gasteiger partial charge on any atom is 0.306 e. The van der Waals surface area contributed by atoms with Crippen LogP contribution in [0.25, 0.3) is 10.2 Å². The molecule has 3 aromatic rings. The van der Waals surface area contributed by atoms with Crippen LogP contribution in [0.4, 0.5) is 0 Å². The van der Waals surface area contributed by atoms with Gasteiger partial charge in [-0.25, -0.2) is 0 Å². The molecule has 1 aromatic carbocycles. The summed E-state index contributed by atoms with van der Waals surface area (Å²) in [6.07, 6.45) is 4.40. The summed E-state index contributed by atoms with van der Waals surface area (Å²) in [5.41, 5.74) is 2.42. The summed E-state index contributed by atoms with van der Waals surface area (Å²) in [5, 5.41) is 0.810. The third-order valence-electron chi connectivity index (χ3n) is 4.74. The molecule has 0 bridgehead atoms. The number of fused-ring (bicyclic) bond motifs is 3. The van der Waals surface area contributed by atoms with Crippen molar-refractivity contribution in [3.63, 3.8) is 0 Å². The Kier molecular flexibility index (Phi) is 4.12. The van der Waals surface area contributed by atoms with E-state index in [9.17, 15) is 4.79 Å². The lowest BCUT2D eigenvalue weighted by Crippen LogP contribution is -2.24. The lowest BCUT2D eigenvalue weighted by Gasteiger charge is -2.16. The second-order valence-corrected chi connectivity index (χ2v) is 8.05. The second-order valence-electron chi connectivity index (χ2n) is 6.97. The number of rotatable bonds is 3. The van der Waals surface area contributed by atoms with Gasteiger partial charge in [-0.3, -0.25) is 9.36 Å². The number of hydrogen-bond donors (Lipinski definition) is 0. The molecule has 5 heteroatoms. The average molecular weight is 354 g/mol. The van der Waals surface area contributed by atoms with Crippen molar-refractivity contribution >= 4 is 21.6 Å². The van der Waals surface area contributed by atoms with Crippen LogP contribution in [0.15, 0.2) is 29.1 Å². The SMILES string of the molecule is Cc1ccc(Oc2nc3sc4c(c3c(=O)n2C(C)C)CCCC4)cc1. The third kappa shape index (κ3) is 2.86. The quantitative estimate of drug-likeness (QED) is 0.663. The van der Waals surface area contributed by atoms with E-state index >= 15 is 0 Å². The average Bonchev–Trinajstić information content (AvgIpc) is 2.95. The molecule has 0 spiro atoms. The predicted molar refractivity (Wildman–Crippen MR) is 102 cm³/mol. The van der Waals surface area contributed by atoms with Crippen molar-refractivity contribution in [1.29, 1.82) is 0 Å². The van der Waals surface area contributed by atoms with Gasteiger partial charge in [-0.15, -0.1) is 11.3 Å². The maximum absolute atomic E-state index is 13.2. The van der Waals surface area contributed by atoms with Gasteiger partial charge in [0.2, 0.25) is 0 Å². The molecule has 1 aliphatic rings. The van der Waals surface area contributed by atoms with Crippen LogP contribution in [0, 0.1) is 6.92 Å². The molecule has 0 saturated heterocycles. The predicted octanol–water partition coefficient (Wildman–Crippen LogP) is 5.02. The van der Waals surface area contributed by atoms with E-state index in [-0.39, 0.29) is 11.6 Å². The van der Waals surface area contributed by atoms with Gasteiger partial charge in [-0.1, -0.05) is 17.7 Å². The normalized spacial score (nSPS) is 14.1. The van der Waals surface area contributed by atoms with Gasteiger partial charge in [-0.2, -0.15) is 4.98 Å². The Morgan fingerprint density at radius 2 is 1.88 bits per heavy atom. The first-order valence-corrected chi connectivity index (χ1v) is 9.67. The van der Waals surface area contributed by atoms with E-state index in [1.807, 2.05) is 45.0 Å². The first-order valence-electron chi connectivity index (χ1n) is 8.86. The van der Waals surface area contributed by atoms with Gasteiger partial charge in [0.05, 0.1) is 5.39 Å². The minimum Gasteiger partial charge on any atom is -0.425 e. The number of nitrogens with zero attached hydrogens (tertiary/aromatic N) is 2. The zero-order chi connectivity index (χ0) is 17.6. The lowest BCUT2D eigenvalue weighted by molar-refractivity contribution is 0.383. The Bertz CT molecular complexity index is 984. The van der Waals surface area contributed by atoms with Crippen LogP contribution < -0.4 is 10.3 Å². The largest absolute Gasteiger partial charge is 0.425 e. The second kappa shape index (κ2) is 6.30. The molecule has 0 saturated carbocycles. The summed E-state index contributed by atoms with van der Waals surface area (Å²) >= 11 is 1.66. The summed E-state index contributed by atoms with van der Waals surface area (Å²) < 4.78 is 7.69. The van der Waals surface area contributed by atoms with E-state index in [1.165, 1.54) is 22.4 Å². The molecule has 2 heterocycles. The maximum atomic E-state index is 13.2. The summed E-state index contributed by atoms with van der Waals surface area (Å²) in [6, 6.07) is 8.19. The summed E-state index contributed by atoms with van der Waals surface area (Å²) in [4.78, 5) is 20.1. The van der Waals surface area contributed by atoms with Crippen LogP contribution in [0.1, 0.15) is 48.7 Å². The first kappa shape index (κ1) is 16.3. The smallest absolute Gasteiger partial charge is 0.306 e. The van der Waals surface area contributed by atoms with Gasteiger partial charge in [0, 0.05) is 10.9 Å². The van der Waals surface area contributed by atoms with Crippen molar-refractivity contribution in [2.75, 3.05) is 0 Å². The molecule has 0 N–H and O–H groups in total. The Morgan fingerprint density at radius 1 is 1.16 bits per heavy atom. The van der Waals surface area contributed by atoms with E-state index in [0.717, 1.165) is 29.5 Å². The van der Waals surface area contributed by atoms with Gasteiger partial charge in [-0.05, 0) is 64.2 Å². The van der Waals surface area contributed by atoms with Gasteiger partial charge in [0.15, 0.2) is 0 Å². The van der Waals surface area contributed by atoms with Crippen LogP contribution in [-0.4, -0.2) is 9.55 Å². The summed E-state index contributed by atoms with van der Waals surface area (Å²) in [5.74, 6) is 0.701. The van der Waals surface area contributed by atoms with E-state index in [4.69, 9.17) is 9.72 Å². The topological polar surface area (TPSA) is 44.1 Å². The minimum absolute atomic E-state index is 0.0102. The van der Waals surface area contributed by atoms with Crippen molar-refractivity contribution in [2.24, 2.45) is 0 Å².